The van der Waals surface area contributed by atoms with Gasteiger partial charge in [-0.1, -0.05) is 18.2 Å². The number of rotatable bonds is 2. The van der Waals surface area contributed by atoms with Crippen LogP contribution >= 0.6 is 0 Å². The quantitative estimate of drug-likeness (QED) is 0.824. The lowest BCUT2D eigenvalue weighted by molar-refractivity contribution is 0.121. The van der Waals surface area contributed by atoms with E-state index in [-0.39, 0.29) is 6.10 Å². The summed E-state index contributed by atoms with van der Waals surface area (Å²) >= 11 is 0. The zero-order valence-electron chi connectivity index (χ0n) is 10.8. The van der Waals surface area contributed by atoms with Gasteiger partial charge in [0, 0.05) is 25.6 Å². The summed E-state index contributed by atoms with van der Waals surface area (Å²) in [6.45, 7) is 1.77. The number of nitrogens with zero attached hydrogens (tertiary/aromatic N) is 3. The fourth-order valence-corrected chi connectivity index (χ4v) is 2.54. The smallest absolute Gasteiger partial charge is 0.130 e. The second-order valence-electron chi connectivity index (χ2n) is 4.75. The summed E-state index contributed by atoms with van der Waals surface area (Å²) in [7, 11) is 1.74. The first-order valence-electron chi connectivity index (χ1n) is 6.39. The highest BCUT2D eigenvalue weighted by Gasteiger charge is 2.23. The monoisotopic (exact) mass is 253 g/mol. The number of hydrogen-bond donors (Lipinski definition) is 0. The van der Waals surface area contributed by atoms with Crippen molar-refractivity contribution in [1.82, 2.24) is 4.98 Å². The van der Waals surface area contributed by atoms with E-state index in [0.29, 0.717) is 5.56 Å². The highest BCUT2D eigenvalue weighted by atomic mass is 16.5. The minimum atomic E-state index is 0.263. The van der Waals surface area contributed by atoms with Gasteiger partial charge in [-0.2, -0.15) is 5.26 Å². The molecule has 1 atom stereocenters. The van der Waals surface area contributed by atoms with Crippen molar-refractivity contribution in [2.24, 2.45) is 0 Å². The van der Waals surface area contributed by atoms with Gasteiger partial charge < -0.3 is 9.64 Å². The molecule has 1 unspecified atom stereocenters. The number of fused-ring (bicyclic) bond motifs is 1. The van der Waals surface area contributed by atoms with Gasteiger partial charge in [-0.3, -0.25) is 0 Å². The number of benzene rings is 1. The molecule has 0 amide bonds. The summed E-state index contributed by atoms with van der Waals surface area (Å²) in [5, 5.41) is 10.2. The Morgan fingerprint density at radius 3 is 3.00 bits per heavy atom. The number of pyridine rings is 1. The predicted molar refractivity (Wildman–Crippen MR) is 74.1 cm³/mol. The SMILES string of the molecule is COC1CCN(c2cc(C#N)c3ccccc3n2)C1. The topological polar surface area (TPSA) is 49.1 Å². The number of nitriles is 1. The molecule has 0 N–H and O–H groups in total. The molecule has 1 fully saturated rings. The van der Waals surface area contributed by atoms with E-state index in [2.05, 4.69) is 16.0 Å². The van der Waals surface area contributed by atoms with Crippen LogP contribution in [0.2, 0.25) is 0 Å². The molecule has 3 rings (SSSR count). The predicted octanol–water partition coefficient (Wildman–Crippen LogP) is 2.33. The minimum Gasteiger partial charge on any atom is -0.380 e. The molecule has 0 bridgehead atoms. The fraction of sp³-hybridized carbons (Fsp3) is 0.333. The third kappa shape index (κ3) is 2.13. The molecule has 0 aliphatic carbocycles. The van der Waals surface area contributed by atoms with Crippen molar-refractivity contribution in [2.75, 3.05) is 25.1 Å². The molecule has 96 valence electrons. The van der Waals surface area contributed by atoms with Crippen molar-refractivity contribution in [2.45, 2.75) is 12.5 Å². The maximum absolute atomic E-state index is 9.28. The van der Waals surface area contributed by atoms with Gasteiger partial charge in [0.2, 0.25) is 0 Å². The Morgan fingerprint density at radius 1 is 1.42 bits per heavy atom. The summed E-state index contributed by atoms with van der Waals surface area (Å²) in [6, 6.07) is 11.9. The first-order valence-corrected chi connectivity index (χ1v) is 6.39. The molecule has 2 heterocycles. The highest BCUT2D eigenvalue weighted by Crippen LogP contribution is 2.25. The largest absolute Gasteiger partial charge is 0.380 e. The Labute approximate surface area is 112 Å². The Morgan fingerprint density at radius 2 is 2.26 bits per heavy atom. The number of methoxy groups -OCH3 is 1. The summed E-state index contributed by atoms with van der Waals surface area (Å²) in [5.74, 6) is 0.870. The average Bonchev–Trinajstić information content (AvgIpc) is 2.95. The van der Waals surface area contributed by atoms with Crippen LogP contribution in [-0.4, -0.2) is 31.3 Å². The maximum Gasteiger partial charge on any atom is 0.130 e. The van der Waals surface area contributed by atoms with Gasteiger partial charge in [0.25, 0.3) is 0 Å². The molecule has 2 aromatic rings. The van der Waals surface area contributed by atoms with Crippen molar-refractivity contribution in [3.8, 4) is 6.07 Å². The first kappa shape index (κ1) is 11.9. The van der Waals surface area contributed by atoms with E-state index in [9.17, 15) is 5.26 Å². The second kappa shape index (κ2) is 4.87. The average molecular weight is 253 g/mol. The van der Waals surface area contributed by atoms with Crippen LogP contribution in [0.4, 0.5) is 5.82 Å². The van der Waals surface area contributed by atoms with Gasteiger partial charge >= 0.3 is 0 Å². The van der Waals surface area contributed by atoms with E-state index in [1.807, 2.05) is 30.3 Å². The lowest BCUT2D eigenvalue weighted by Crippen LogP contribution is -2.23. The molecular weight excluding hydrogens is 238 g/mol. The molecule has 1 aliphatic heterocycles. The second-order valence-corrected chi connectivity index (χ2v) is 4.75. The molecule has 1 aliphatic rings. The zero-order valence-corrected chi connectivity index (χ0v) is 10.8. The lowest BCUT2D eigenvalue weighted by Gasteiger charge is -2.18. The van der Waals surface area contributed by atoms with Crippen molar-refractivity contribution in [3.63, 3.8) is 0 Å². The van der Waals surface area contributed by atoms with E-state index in [4.69, 9.17) is 4.74 Å². The Kier molecular flexibility index (Phi) is 3.06. The Hall–Kier alpha value is -2.12. The van der Waals surface area contributed by atoms with Gasteiger partial charge in [-0.15, -0.1) is 0 Å². The van der Waals surface area contributed by atoms with Crippen LogP contribution in [-0.2, 0) is 4.74 Å². The van der Waals surface area contributed by atoms with E-state index >= 15 is 0 Å². The number of hydrogen-bond acceptors (Lipinski definition) is 4. The van der Waals surface area contributed by atoms with Crippen LogP contribution in [0, 0.1) is 11.3 Å². The summed E-state index contributed by atoms with van der Waals surface area (Å²) < 4.78 is 5.37. The molecule has 4 heteroatoms. The number of aromatic nitrogens is 1. The fourth-order valence-electron chi connectivity index (χ4n) is 2.54. The van der Waals surface area contributed by atoms with E-state index in [1.165, 1.54) is 0 Å². The van der Waals surface area contributed by atoms with Crippen LogP contribution in [0.25, 0.3) is 10.9 Å². The summed E-state index contributed by atoms with van der Waals surface area (Å²) in [5.41, 5.74) is 1.55. The van der Waals surface area contributed by atoms with E-state index < -0.39 is 0 Å². The van der Waals surface area contributed by atoms with E-state index in [0.717, 1.165) is 36.2 Å². The molecule has 1 saturated heterocycles. The number of para-hydroxylation sites is 1. The normalized spacial score (nSPS) is 18.7. The van der Waals surface area contributed by atoms with Crippen LogP contribution in [0.1, 0.15) is 12.0 Å². The van der Waals surface area contributed by atoms with Crippen LogP contribution < -0.4 is 4.90 Å². The van der Waals surface area contributed by atoms with Gasteiger partial charge in [0.05, 0.1) is 23.3 Å². The van der Waals surface area contributed by atoms with Crippen molar-refractivity contribution >= 4 is 16.7 Å². The van der Waals surface area contributed by atoms with Gasteiger partial charge in [-0.25, -0.2) is 4.98 Å². The standard InChI is InChI=1S/C15H15N3O/c1-19-12-6-7-18(10-12)15-8-11(9-16)13-4-2-3-5-14(13)17-15/h2-5,8,12H,6-7,10H2,1H3. The van der Waals surface area contributed by atoms with Gasteiger partial charge in [0.1, 0.15) is 5.82 Å². The van der Waals surface area contributed by atoms with E-state index in [1.54, 1.807) is 7.11 Å². The zero-order chi connectivity index (χ0) is 13.2. The molecule has 4 nitrogen and oxygen atoms in total. The summed E-state index contributed by atoms with van der Waals surface area (Å²) in [6.07, 6.45) is 1.27. The molecule has 0 radical (unpaired) electrons. The van der Waals surface area contributed by atoms with Crippen molar-refractivity contribution in [1.29, 1.82) is 5.26 Å². The molecular formula is C15H15N3O. The lowest BCUT2D eigenvalue weighted by atomic mass is 10.1. The third-order valence-electron chi connectivity index (χ3n) is 3.63. The molecule has 0 saturated carbocycles. The minimum absolute atomic E-state index is 0.263. The molecule has 1 aromatic heterocycles. The number of anilines is 1. The van der Waals surface area contributed by atoms with Gasteiger partial charge in [0.15, 0.2) is 0 Å². The molecule has 19 heavy (non-hydrogen) atoms. The first-order chi connectivity index (χ1) is 9.31. The van der Waals surface area contributed by atoms with Gasteiger partial charge in [-0.05, 0) is 18.6 Å². The van der Waals surface area contributed by atoms with Crippen LogP contribution in [0.15, 0.2) is 30.3 Å². The molecule has 1 aromatic carbocycles. The maximum atomic E-state index is 9.28. The summed E-state index contributed by atoms with van der Waals surface area (Å²) in [4.78, 5) is 6.84. The van der Waals surface area contributed by atoms with Crippen LogP contribution in [0.3, 0.4) is 0 Å². The third-order valence-corrected chi connectivity index (χ3v) is 3.63. The highest BCUT2D eigenvalue weighted by molar-refractivity contribution is 5.86. The van der Waals surface area contributed by atoms with Crippen molar-refractivity contribution in [3.05, 3.63) is 35.9 Å². The van der Waals surface area contributed by atoms with Crippen LogP contribution in [0.5, 0.6) is 0 Å². The number of ether oxygens (including phenoxy) is 1. The van der Waals surface area contributed by atoms with Crippen molar-refractivity contribution < 1.29 is 4.74 Å². The Balaban J connectivity index is 2.04. The molecule has 0 spiro atoms. The Bertz CT molecular complexity index is 647.